The van der Waals surface area contributed by atoms with Crippen molar-refractivity contribution in [2.75, 3.05) is 0 Å². The molecule has 45 heavy (non-hydrogen) atoms. The van der Waals surface area contributed by atoms with Crippen molar-refractivity contribution in [1.82, 2.24) is 4.57 Å². The summed E-state index contributed by atoms with van der Waals surface area (Å²) in [5, 5.41) is 6.80. The Kier molecular flexibility index (Phi) is 5.00. The molecule has 10 rings (SSSR count). The number of benzene rings is 7. The van der Waals surface area contributed by atoms with Crippen LogP contribution >= 0.6 is 0 Å². The molecule has 0 atom stereocenters. The molecule has 0 N–H and O–H groups in total. The third-order valence-corrected chi connectivity index (χ3v) is 9.19. The molecule has 7 aromatic carbocycles. The van der Waals surface area contributed by atoms with Crippen molar-refractivity contribution in [1.29, 1.82) is 0 Å². The summed E-state index contributed by atoms with van der Waals surface area (Å²) in [4.78, 5) is 0. The van der Waals surface area contributed by atoms with E-state index in [-0.39, 0.29) is 0 Å². The fourth-order valence-electron chi connectivity index (χ4n) is 7.21. The largest absolute Gasteiger partial charge is 0.455 e. The van der Waals surface area contributed by atoms with E-state index in [9.17, 15) is 0 Å². The van der Waals surface area contributed by atoms with Crippen LogP contribution in [-0.2, 0) is 0 Å². The second kappa shape index (κ2) is 9.22. The Morgan fingerprint density at radius 1 is 0.422 bits per heavy atom. The van der Waals surface area contributed by atoms with Gasteiger partial charge in [0.1, 0.15) is 22.3 Å². The Bertz CT molecular complexity index is 2760. The first kappa shape index (κ1) is 24.4. The first-order valence-corrected chi connectivity index (χ1v) is 15.3. The lowest BCUT2D eigenvalue weighted by atomic mass is 9.95. The van der Waals surface area contributed by atoms with Gasteiger partial charge in [0.05, 0.1) is 5.52 Å². The van der Waals surface area contributed by atoms with E-state index in [1.165, 1.54) is 5.39 Å². The number of hydrogen-bond acceptors (Lipinski definition) is 2. The molecule has 0 amide bonds. The topological polar surface area (TPSA) is 31.2 Å². The zero-order valence-corrected chi connectivity index (χ0v) is 24.2. The van der Waals surface area contributed by atoms with Gasteiger partial charge in [0.15, 0.2) is 5.58 Å². The normalized spacial score (nSPS) is 12.0. The zero-order chi connectivity index (χ0) is 29.5. The first-order valence-electron chi connectivity index (χ1n) is 15.3. The Hall–Kier alpha value is -6.06. The Morgan fingerprint density at radius 3 is 2.04 bits per heavy atom. The van der Waals surface area contributed by atoms with Crippen molar-refractivity contribution in [3.63, 3.8) is 0 Å². The van der Waals surface area contributed by atoms with Crippen LogP contribution in [0.4, 0.5) is 0 Å². The number of aromatic nitrogens is 1. The lowest BCUT2D eigenvalue weighted by Gasteiger charge is -2.09. The highest BCUT2D eigenvalue weighted by atomic mass is 16.3. The minimum absolute atomic E-state index is 0.897. The van der Waals surface area contributed by atoms with E-state index in [1.54, 1.807) is 0 Å². The molecular formula is C42H25NO2. The van der Waals surface area contributed by atoms with E-state index in [2.05, 4.69) is 156 Å². The van der Waals surface area contributed by atoms with Crippen LogP contribution in [0.25, 0.3) is 93.6 Å². The van der Waals surface area contributed by atoms with Crippen molar-refractivity contribution in [3.8, 4) is 27.9 Å². The summed E-state index contributed by atoms with van der Waals surface area (Å²) in [5.74, 6) is 0. The van der Waals surface area contributed by atoms with Crippen LogP contribution in [0.1, 0.15) is 0 Å². The molecule has 210 valence electrons. The molecule has 3 nitrogen and oxygen atoms in total. The minimum Gasteiger partial charge on any atom is -0.455 e. The predicted molar refractivity (Wildman–Crippen MR) is 186 cm³/mol. The minimum atomic E-state index is 0.897. The van der Waals surface area contributed by atoms with Gasteiger partial charge in [0, 0.05) is 38.2 Å². The van der Waals surface area contributed by atoms with Gasteiger partial charge in [-0.2, -0.15) is 0 Å². The molecule has 0 aliphatic heterocycles. The van der Waals surface area contributed by atoms with Gasteiger partial charge in [0.25, 0.3) is 0 Å². The van der Waals surface area contributed by atoms with Crippen molar-refractivity contribution in [2.45, 2.75) is 0 Å². The summed E-state index contributed by atoms with van der Waals surface area (Å²) in [5.41, 5.74) is 11.5. The first-order chi connectivity index (χ1) is 22.3. The van der Waals surface area contributed by atoms with Crippen LogP contribution in [0.3, 0.4) is 0 Å². The van der Waals surface area contributed by atoms with Crippen LogP contribution < -0.4 is 0 Å². The summed E-state index contributed by atoms with van der Waals surface area (Å²) < 4.78 is 15.6. The fraction of sp³-hybridized carbons (Fsp3) is 0. The second-order valence-corrected chi connectivity index (χ2v) is 11.7. The van der Waals surface area contributed by atoms with Crippen LogP contribution in [0, 0.1) is 0 Å². The van der Waals surface area contributed by atoms with Gasteiger partial charge < -0.3 is 13.4 Å². The quantitative estimate of drug-likeness (QED) is 0.210. The Morgan fingerprint density at radius 2 is 1.13 bits per heavy atom. The SMILES string of the molecule is c1ccc(-n2c3ccccc3c3oc4c(-c5cccc(-c6cccc7oc8c9ccccc9ccc8c67)c5)cccc4c32)cc1. The zero-order valence-electron chi connectivity index (χ0n) is 24.2. The maximum absolute atomic E-state index is 6.82. The number of hydrogen-bond donors (Lipinski definition) is 0. The van der Waals surface area contributed by atoms with E-state index in [0.29, 0.717) is 0 Å². The van der Waals surface area contributed by atoms with Gasteiger partial charge in [-0.25, -0.2) is 0 Å². The highest BCUT2D eigenvalue weighted by molar-refractivity contribution is 6.20. The average Bonchev–Trinajstić information content (AvgIpc) is 3.78. The molecule has 10 aromatic rings. The Balaban J connectivity index is 1.20. The average molecular weight is 576 g/mol. The summed E-state index contributed by atoms with van der Waals surface area (Å²) in [6.45, 7) is 0. The lowest BCUT2D eigenvalue weighted by molar-refractivity contribution is 0.672. The summed E-state index contributed by atoms with van der Waals surface area (Å²) in [6.07, 6.45) is 0. The van der Waals surface area contributed by atoms with Gasteiger partial charge in [-0.1, -0.05) is 103 Å². The molecule has 0 aliphatic carbocycles. The molecule has 0 fully saturated rings. The molecular weight excluding hydrogens is 550 g/mol. The van der Waals surface area contributed by atoms with Crippen molar-refractivity contribution in [2.24, 2.45) is 0 Å². The van der Waals surface area contributed by atoms with Crippen LogP contribution in [-0.4, -0.2) is 4.57 Å². The van der Waals surface area contributed by atoms with Gasteiger partial charge >= 0.3 is 0 Å². The number of fused-ring (bicyclic) bond motifs is 10. The summed E-state index contributed by atoms with van der Waals surface area (Å²) in [6, 6.07) is 53.4. The molecule has 3 heteroatoms. The summed E-state index contributed by atoms with van der Waals surface area (Å²) in [7, 11) is 0. The van der Waals surface area contributed by atoms with E-state index in [0.717, 1.165) is 88.2 Å². The predicted octanol–water partition coefficient (Wildman–Crippen LogP) is 11.9. The third kappa shape index (κ3) is 3.46. The van der Waals surface area contributed by atoms with Crippen LogP contribution in [0.2, 0.25) is 0 Å². The standard InChI is InChI=1S/C42H25NO2/c1-2-14-29(15-3-1)43-36-21-7-6-17-33(36)42-39(43)35-20-9-19-32(41(35)45-42)28-13-8-12-27(25-28)30-18-10-22-37-38(30)34-24-23-26-11-4-5-16-31(26)40(34)44-37/h1-25H. The molecule has 0 radical (unpaired) electrons. The highest BCUT2D eigenvalue weighted by Gasteiger charge is 2.21. The molecule has 0 bridgehead atoms. The molecule has 0 spiro atoms. The summed E-state index contributed by atoms with van der Waals surface area (Å²) >= 11 is 0. The van der Waals surface area contributed by atoms with Crippen molar-refractivity contribution < 1.29 is 8.83 Å². The number of rotatable bonds is 3. The van der Waals surface area contributed by atoms with E-state index in [4.69, 9.17) is 8.83 Å². The Labute approximate surface area is 258 Å². The van der Waals surface area contributed by atoms with E-state index < -0.39 is 0 Å². The highest BCUT2D eigenvalue weighted by Crippen LogP contribution is 2.44. The van der Waals surface area contributed by atoms with Gasteiger partial charge in [-0.3, -0.25) is 0 Å². The van der Waals surface area contributed by atoms with Crippen LogP contribution in [0.15, 0.2) is 160 Å². The lowest BCUT2D eigenvalue weighted by Crippen LogP contribution is -1.92. The van der Waals surface area contributed by atoms with Crippen LogP contribution in [0.5, 0.6) is 0 Å². The maximum Gasteiger partial charge on any atom is 0.161 e. The number of furan rings is 2. The number of nitrogens with zero attached hydrogens (tertiary/aromatic N) is 1. The van der Waals surface area contributed by atoms with Gasteiger partial charge in [-0.15, -0.1) is 0 Å². The van der Waals surface area contributed by atoms with Gasteiger partial charge in [-0.05, 0) is 70.6 Å². The van der Waals surface area contributed by atoms with Gasteiger partial charge in [0.2, 0.25) is 0 Å². The second-order valence-electron chi connectivity index (χ2n) is 11.7. The van der Waals surface area contributed by atoms with E-state index >= 15 is 0 Å². The van der Waals surface area contributed by atoms with E-state index in [1.807, 2.05) is 0 Å². The molecule has 0 unspecified atom stereocenters. The molecule has 0 saturated carbocycles. The van der Waals surface area contributed by atoms with Crippen molar-refractivity contribution in [3.05, 3.63) is 152 Å². The monoisotopic (exact) mass is 575 g/mol. The molecule has 3 heterocycles. The maximum atomic E-state index is 6.82. The third-order valence-electron chi connectivity index (χ3n) is 9.19. The smallest absolute Gasteiger partial charge is 0.161 e. The molecule has 3 aromatic heterocycles. The molecule has 0 aliphatic rings. The van der Waals surface area contributed by atoms with Crippen molar-refractivity contribution >= 4 is 65.7 Å². The number of para-hydroxylation sites is 3. The fourth-order valence-corrected chi connectivity index (χ4v) is 7.21. The molecule has 0 saturated heterocycles.